The number of carbonyl (C=O) groups is 2. The van der Waals surface area contributed by atoms with E-state index in [9.17, 15) is 22.8 Å². The van der Waals surface area contributed by atoms with Crippen molar-refractivity contribution in [2.45, 2.75) is 32.6 Å². The molecule has 1 atom stereocenters. The van der Waals surface area contributed by atoms with E-state index in [2.05, 4.69) is 25.8 Å². The van der Waals surface area contributed by atoms with E-state index in [1.807, 2.05) is 0 Å². The Morgan fingerprint density at radius 3 is 2.58 bits per heavy atom. The number of aryl methyl sites for hydroxylation is 1. The zero-order valence-corrected chi connectivity index (χ0v) is 17.5. The Balaban J connectivity index is 1.71. The monoisotopic (exact) mass is 463 g/mol. The molecular weight excluding hydrogens is 443 g/mol. The summed E-state index contributed by atoms with van der Waals surface area (Å²) in [5.41, 5.74) is 10.9. The fourth-order valence-corrected chi connectivity index (χ4v) is 2.96. The molecule has 0 radical (unpaired) electrons. The first kappa shape index (κ1) is 23.7. The third-order valence-electron chi connectivity index (χ3n) is 4.74. The number of benzene rings is 1. The molecule has 13 heteroatoms. The molecule has 174 valence electrons. The van der Waals surface area contributed by atoms with Crippen molar-refractivity contribution in [3.8, 4) is 0 Å². The van der Waals surface area contributed by atoms with Crippen molar-refractivity contribution in [1.82, 2.24) is 20.4 Å². The highest BCUT2D eigenvalue weighted by Crippen LogP contribution is 2.33. The van der Waals surface area contributed by atoms with Crippen LogP contribution in [-0.2, 0) is 12.7 Å². The number of amides is 2. The van der Waals surface area contributed by atoms with Gasteiger partial charge in [-0.25, -0.2) is 9.97 Å². The van der Waals surface area contributed by atoms with Crippen molar-refractivity contribution in [1.29, 1.82) is 0 Å². The van der Waals surface area contributed by atoms with Gasteiger partial charge in [0.1, 0.15) is 23.5 Å². The molecule has 0 saturated heterocycles. The molecule has 6 N–H and O–H groups in total. The van der Waals surface area contributed by atoms with Gasteiger partial charge in [-0.2, -0.15) is 13.2 Å². The number of hydrogen-bond acceptors (Lipinski definition) is 8. The highest BCUT2D eigenvalue weighted by Gasteiger charge is 2.32. The number of halogens is 3. The second kappa shape index (κ2) is 9.24. The van der Waals surface area contributed by atoms with Crippen LogP contribution in [0, 0.1) is 6.92 Å². The van der Waals surface area contributed by atoms with Crippen LogP contribution < -0.4 is 22.1 Å². The number of rotatable bonds is 6. The predicted molar refractivity (Wildman–Crippen MR) is 111 cm³/mol. The largest absolute Gasteiger partial charge is 0.416 e. The molecule has 3 aromatic rings. The highest BCUT2D eigenvalue weighted by molar-refractivity contribution is 6.02. The molecule has 0 unspecified atom stereocenters. The van der Waals surface area contributed by atoms with Crippen LogP contribution in [0.5, 0.6) is 0 Å². The summed E-state index contributed by atoms with van der Waals surface area (Å²) in [5.74, 6) is -1.58. The minimum atomic E-state index is -4.56. The summed E-state index contributed by atoms with van der Waals surface area (Å²) in [5, 5.41) is 8.70. The van der Waals surface area contributed by atoms with Gasteiger partial charge < -0.3 is 26.6 Å². The van der Waals surface area contributed by atoms with Crippen molar-refractivity contribution < 1.29 is 27.3 Å². The van der Waals surface area contributed by atoms with Gasteiger partial charge >= 0.3 is 6.18 Å². The van der Waals surface area contributed by atoms with Gasteiger partial charge in [0.15, 0.2) is 0 Å². The Morgan fingerprint density at radius 1 is 1.18 bits per heavy atom. The van der Waals surface area contributed by atoms with E-state index < -0.39 is 29.6 Å². The average Bonchev–Trinajstić information content (AvgIpc) is 3.24. The van der Waals surface area contributed by atoms with Crippen LogP contribution in [0.15, 0.2) is 35.1 Å². The van der Waals surface area contributed by atoms with Gasteiger partial charge in [0, 0.05) is 23.9 Å². The van der Waals surface area contributed by atoms with E-state index in [4.69, 9.17) is 16.0 Å². The molecule has 0 spiro atoms. The first-order valence-electron chi connectivity index (χ1n) is 9.57. The number of carbonyl (C=O) groups excluding carboxylic acids is 2. The molecule has 2 heterocycles. The molecule has 10 nitrogen and oxygen atoms in total. The Kier molecular flexibility index (Phi) is 6.62. The van der Waals surface area contributed by atoms with Crippen LogP contribution in [0.3, 0.4) is 0 Å². The Labute approximate surface area is 185 Å². The first-order valence-corrected chi connectivity index (χ1v) is 9.57. The summed E-state index contributed by atoms with van der Waals surface area (Å²) < 4.78 is 44.2. The van der Waals surface area contributed by atoms with Gasteiger partial charge in [0.25, 0.3) is 11.8 Å². The Morgan fingerprint density at radius 2 is 1.91 bits per heavy atom. The SMILES string of the molecule is Cc1ccc(NC(=O)c2cc([C@@H](C)NC(=O)c3ncnc(N)c3CN)no2)cc1C(F)(F)F. The van der Waals surface area contributed by atoms with Gasteiger partial charge in [0.2, 0.25) is 5.76 Å². The quantitative estimate of drug-likeness (QED) is 0.433. The molecule has 2 amide bonds. The van der Waals surface area contributed by atoms with Crippen LogP contribution in [0.4, 0.5) is 24.7 Å². The van der Waals surface area contributed by atoms with Crippen molar-refractivity contribution >= 4 is 23.3 Å². The smallest absolute Gasteiger partial charge is 0.383 e. The minimum absolute atomic E-state index is 0.00171. The Bertz CT molecular complexity index is 1190. The maximum Gasteiger partial charge on any atom is 0.416 e. The van der Waals surface area contributed by atoms with E-state index >= 15 is 0 Å². The number of nitrogens with zero attached hydrogens (tertiary/aromatic N) is 3. The maximum absolute atomic E-state index is 13.1. The van der Waals surface area contributed by atoms with E-state index in [1.54, 1.807) is 6.92 Å². The van der Waals surface area contributed by atoms with Crippen molar-refractivity contribution in [3.05, 3.63) is 64.4 Å². The summed E-state index contributed by atoms with van der Waals surface area (Å²) in [4.78, 5) is 32.6. The number of nitrogens with one attached hydrogen (secondary N) is 2. The molecular formula is C20H20F3N7O3. The lowest BCUT2D eigenvalue weighted by Gasteiger charge is -2.13. The number of nitrogen functional groups attached to an aromatic ring is 1. The van der Waals surface area contributed by atoms with Crippen molar-refractivity contribution in [3.63, 3.8) is 0 Å². The third-order valence-corrected chi connectivity index (χ3v) is 4.74. The standard InChI is InChI=1S/C20H20F3N7O3/c1-9-3-4-11(5-13(9)20(21,22)23)29-18(31)15-6-14(30-33-15)10(2)28-19(32)16-12(7-24)17(25)27-8-26-16/h3-6,8,10H,7,24H2,1-2H3,(H,28,32)(H,29,31)(H2,25,26,27)/t10-/m1/s1. The van der Waals surface area contributed by atoms with Crippen LogP contribution in [0.2, 0.25) is 0 Å². The third kappa shape index (κ3) is 5.26. The number of hydrogen-bond donors (Lipinski definition) is 4. The molecule has 0 aliphatic heterocycles. The fourth-order valence-electron chi connectivity index (χ4n) is 2.96. The van der Waals surface area contributed by atoms with E-state index in [0.29, 0.717) is 0 Å². The number of aromatic nitrogens is 3. The molecule has 0 fully saturated rings. The van der Waals surface area contributed by atoms with Crippen LogP contribution in [0.1, 0.15) is 56.4 Å². The van der Waals surface area contributed by atoms with Gasteiger partial charge in [-0.05, 0) is 31.5 Å². The lowest BCUT2D eigenvalue weighted by Crippen LogP contribution is -2.29. The minimum Gasteiger partial charge on any atom is -0.383 e. The molecule has 0 bridgehead atoms. The number of nitrogens with two attached hydrogens (primary N) is 2. The molecule has 33 heavy (non-hydrogen) atoms. The van der Waals surface area contributed by atoms with E-state index in [-0.39, 0.29) is 46.3 Å². The van der Waals surface area contributed by atoms with Crippen LogP contribution in [-0.4, -0.2) is 26.9 Å². The highest BCUT2D eigenvalue weighted by atomic mass is 19.4. The van der Waals surface area contributed by atoms with Crippen LogP contribution >= 0.6 is 0 Å². The normalized spacial score (nSPS) is 12.3. The number of alkyl halides is 3. The molecule has 2 aromatic heterocycles. The molecule has 1 aromatic carbocycles. The van der Waals surface area contributed by atoms with Gasteiger partial charge in [-0.1, -0.05) is 11.2 Å². The summed E-state index contributed by atoms with van der Waals surface area (Å²) >= 11 is 0. The Hall–Kier alpha value is -4.00. The molecule has 0 saturated carbocycles. The number of anilines is 2. The van der Waals surface area contributed by atoms with Gasteiger partial charge in [-0.3, -0.25) is 9.59 Å². The second-order valence-corrected chi connectivity index (χ2v) is 7.08. The van der Waals surface area contributed by atoms with E-state index in [0.717, 1.165) is 12.4 Å². The topological polar surface area (TPSA) is 162 Å². The second-order valence-electron chi connectivity index (χ2n) is 7.08. The summed E-state index contributed by atoms with van der Waals surface area (Å²) in [6.45, 7) is 2.85. The zero-order chi connectivity index (χ0) is 24.3. The molecule has 3 rings (SSSR count). The predicted octanol–water partition coefficient (Wildman–Crippen LogP) is 2.58. The molecule has 0 aliphatic carbocycles. The van der Waals surface area contributed by atoms with Crippen LogP contribution in [0.25, 0.3) is 0 Å². The van der Waals surface area contributed by atoms with Crippen molar-refractivity contribution in [2.24, 2.45) is 5.73 Å². The van der Waals surface area contributed by atoms with Crippen molar-refractivity contribution in [2.75, 3.05) is 11.1 Å². The zero-order valence-electron chi connectivity index (χ0n) is 17.5. The fraction of sp³-hybridized carbons (Fsp3) is 0.250. The lowest BCUT2D eigenvalue weighted by atomic mass is 10.1. The summed E-state index contributed by atoms with van der Waals surface area (Å²) in [7, 11) is 0. The summed E-state index contributed by atoms with van der Waals surface area (Å²) in [6, 6.07) is 3.97. The average molecular weight is 463 g/mol. The molecule has 0 aliphatic rings. The first-order chi connectivity index (χ1) is 15.5. The van der Waals surface area contributed by atoms with E-state index in [1.165, 1.54) is 25.1 Å². The van der Waals surface area contributed by atoms with Gasteiger partial charge in [-0.15, -0.1) is 0 Å². The summed E-state index contributed by atoms with van der Waals surface area (Å²) in [6.07, 6.45) is -3.43. The maximum atomic E-state index is 13.1. The van der Waals surface area contributed by atoms with Gasteiger partial charge in [0.05, 0.1) is 11.6 Å². The lowest BCUT2D eigenvalue weighted by molar-refractivity contribution is -0.138.